The van der Waals surface area contributed by atoms with Gasteiger partial charge in [-0.15, -0.1) is 0 Å². The second-order valence-electron chi connectivity index (χ2n) is 6.17. The minimum Gasteiger partial charge on any atom is -0.310 e. The monoisotopic (exact) mass is 266 g/mol. The van der Waals surface area contributed by atoms with Crippen LogP contribution in [0.25, 0.3) is 0 Å². The molecule has 0 aromatic carbocycles. The summed E-state index contributed by atoms with van der Waals surface area (Å²) in [4.78, 5) is 4.62. The van der Waals surface area contributed by atoms with Crippen LogP contribution >= 0.6 is 0 Å². The lowest BCUT2D eigenvalue weighted by atomic mass is 10.1. The van der Waals surface area contributed by atoms with Gasteiger partial charge in [-0.25, -0.2) is 9.67 Å². The topological polar surface area (TPSA) is 42.7 Å². The van der Waals surface area contributed by atoms with Crippen LogP contribution in [0.15, 0.2) is 0 Å². The SMILES string of the molecule is CCCC(CNC(C)(C)C)n1nc(CC)nc1CC. The van der Waals surface area contributed by atoms with Crippen LogP contribution in [0.2, 0.25) is 0 Å². The van der Waals surface area contributed by atoms with E-state index >= 15 is 0 Å². The van der Waals surface area contributed by atoms with E-state index in [1.54, 1.807) is 0 Å². The predicted molar refractivity (Wildman–Crippen MR) is 80.5 cm³/mol. The molecule has 0 aliphatic rings. The van der Waals surface area contributed by atoms with E-state index in [1.165, 1.54) is 6.42 Å². The number of nitrogens with one attached hydrogen (secondary N) is 1. The molecule has 19 heavy (non-hydrogen) atoms. The fourth-order valence-electron chi connectivity index (χ4n) is 2.16. The van der Waals surface area contributed by atoms with Crippen molar-refractivity contribution in [1.29, 1.82) is 0 Å². The van der Waals surface area contributed by atoms with E-state index in [1.807, 2.05) is 0 Å². The lowest BCUT2D eigenvalue weighted by Crippen LogP contribution is -2.40. The zero-order valence-electron chi connectivity index (χ0n) is 13.5. The fourth-order valence-corrected chi connectivity index (χ4v) is 2.16. The molecule has 4 heteroatoms. The summed E-state index contributed by atoms with van der Waals surface area (Å²) in [6, 6.07) is 0.409. The maximum atomic E-state index is 4.68. The van der Waals surface area contributed by atoms with E-state index in [2.05, 4.69) is 61.6 Å². The van der Waals surface area contributed by atoms with Crippen molar-refractivity contribution in [2.75, 3.05) is 6.54 Å². The number of rotatable bonds is 7. The van der Waals surface area contributed by atoms with Crippen LogP contribution in [-0.2, 0) is 12.8 Å². The summed E-state index contributed by atoms with van der Waals surface area (Å²) in [7, 11) is 0. The third-order valence-electron chi connectivity index (χ3n) is 3.21. The minimum absolute atomic E-state index is 0.145. The Morgan fingerprint density at radius 2 is 1.84 bits per heavy atom. The molecule has 0 spiro atoms. The van der Waals surface area contributed by atoms with Crippen LogP contribution in [0.4, 0.5) is 0 Å². The van der Waals surface area contributed by atoms with Crippen molar-refractivity contribution < 1.29 is 0 Å². The Kier molecular flexibility index (Phi) is 5.98. The molecule has 0 fully saturated rings. The average molecular weight is 266 g/mol. The van der Waals surface area contributed by atoms with Gasteiger partial charge in [0.2, 0.25) is 0 Å². The summed E-state index contributed by atoms with van der Waals surface area (Å²) in [6.45, 7) is 14.1. The van der Waals surface area contributed by atoms with Gasteiger partial charge in [0.1, 0.15) is 5.82 Å². The highest BCUT2D eigenvalue weighted by atomic mass is 15.4. The Balaban J connectivity index is 2.88. The van der Waals surface area contributed by atoms with Crippen molar-refractivity contribution in [3.8, 4) is 0 Å². The molecule has 1 aromatic rings. The van der Waals surface area contributed by atoms with Gasteiger partial charge in [0.15, 0.2) is 5.82 Å². The van der Waals surface area contributed by atoms with Gasteiger partial charge in [-0.2, -0.15) is 5.10 Å². The van der Waals surface area contributed by atoms with Crippen LogP contribution in [0.3, 0.4) is 0 Å². The van der Waals surface area contributed by atoms with Gasteiger partial charge in [0.25, 0.3) is 0 Å². The smallest absolute Gasteiger partial charge is 0.150 e. The van der Waals surface area contributed by atoms with E-state index in [-0.39, 0.29) is 5.54 Å². The zero-order chi connectivity index (χ0) is 14.5. The Labute approximate surface area is 118 Å². The quantitative estimate of drug-likeness (QED) is 0.824. The van der Waals surface area contributed by atoms with E-state index in [4.69, 9.17) is 0 Å². The van der Waals surface area contributed by atoms with E-state index < -0.39 is 0 Å². The minimum atomic E-state index is 0.145. The van der Waals surface area contributed by atoms with Crippen LogP contribution in [-0.4, -0.2) is 26.8 Å². The van der Waals surface area contributed by atoms with Gasteiger partial charge in [0.05, 0.1) is 6.04 Å². The second-order valence-corrected chi connectivity index (χ2v) is 6.17. The standard InChI is InChI=1S/C15H30N4/c1-7-10-12(11-16-15(4,5)6)19-14(9-3)17-13(8-2)18-19/h12,16H,7-11H2,1-6H3. The normalized spacial score (nSPS) is 13.8. The third kappa shape index (κ3) is 4.94. The summed E-state index contributed by atoms with van der Waals surface area (Å²) in [5, 5.41) is 8.28. The number of nitrogens with zero attached hydrogens (tertiary/aromatic N) is 3. The predicted octanol–water partition coefficient (Wildman–Crippen LogP) is 3.13. The molecule has 1 N–H and O–H groups in total. The highest BCUT2D eigenvalue weighted by Crippen LogP contribution is 2.16. The maximum Gasteiger partial charge on any atom is 0.150 e. The first kappa shape index (κ1) is 16.2. The van der Waals surface area contributed by atoms with Crippen molar-refractivity contribution >= 4 is 0 Å². The molecule has 0 saturated carbocycles. The Morgan fingerprint density at radius 1 is 1.16 bits per heavy atom. The summed E-state index contributed by atoms with van der Waals surface area (Å²) in [5.41, 5.74) is 0.145. The molecule has 1 aromatic heterocycles. The van der Waals surface area contributed by atoms with Crippen molar-refractivity contribution in [2.45, 2.75) is 78.8 Å². The highest BCUT2D eigenvalue weighted by Gasteiger charge is 2.19. The summed E-state index contributed by atoms with van der Waals surface area (Å²) in [5.74, 6) is 2.08. The third-order valence-corrected chi connectivity index (χ3v) is 3.21. The molecule has 1 unspecified atom stereocenters. The van der Waals surface area contributed by atoms with E-state index in [9.17, 15) is 0 Å². The molecule has 110 valence electrons. The molecule has 4 nitrogen and oxygen atoms in total. The molecule has 0 aliphatic carbocycles. The zero-order valence-corrected chi connectivity index (χ0v) is 13.5. The first-order chi connectivity index (χ1) is 8.91. The van der Waals surface area contributed by atoms with Gasteiger partial charge in [-0.05, 0) is 27.2 Å². The second kappa shape index (κ2) is 7.04. The molecule has 0 radical (unpaired) electrons. The van der Waals surface area contributed by atoms with Crippen molar-refractivity contribution in [1.82, 2.24) is 20.1 Å². The molecule has 0 aliphatic heterocycles. The van der Waals surface area contributed by atoms with Gasteiger partial charge in [-0.3, -0.25) is 0 Å². The Morgan fingerprint density at radius 3 is 2.32 bits per heavy atom. The first-order valence-corrected chi connectivity index (χ1v) is 7.60. The van der Waals surface area contributed by atoms with Crippen LogP contribution in [0.5, 0.6) is 0 Å². The molecule has 1 atom stereocenters. The first-order valence-electron chi connectivity index (χ1n) is 7.60. The number of hydrogen-bond acceptors (Lipinski definition) is 3. The summed E-state index contributed by atoms with van der Waals surface area (Å²) in [6.07, 6.45) is 4.16. The van der Waals surface area contributed by atoms with Crippen LogP contribution < -0.4 is 5.32 Å². The van der Waals surface area contributed by atoms with E-state index in [0.29, 0.717) is 6.04 Å². The summed E-state index contributed by atoms with van der Waals surface area (Å²) >= 11 is 0. The van der Waals surface area contributed by atoms with Gasteiger partial charge in [0, 0.05) is 24.9 Å². The highest BCUT2D eigenvalue weighted by molar-refractivity contribution is 4.95. The van der Waals surface area contributed by atoms with Gasteiger partial charge in [-0.1, -0.05) is 27.2 Å². The largest absolute Gasteiger partial charge is 0.310 e. The maximum absolute atomic E-state index is 4.68. The Hall–Kier alpha value is -0.900. The molecule has 0 bridgehead atoms. The van der Waals surface area contributed by atoms with Crippen LogP contribution in [0, 0.1) is 0 Å². The van der Waals surface area contributed by atoms with Crippen molar-refractivity contribution in [3.05, 3.63) is 11.6 Å². The lowest BCUT2D eigenvalue weighted by Gasteiger charge is -2.26. The Bertz CT molecular complexity index is 376. The molecule has 1 rings (SSSR count). The van der Waals surface area contributed by atoms with Crippen molar-refractivity contribution in [3.63, 3.8) is 0 Å². The van der Waals surface area contributed by atoms with Crippen molar-refractivity contribution in [2.24, 2.45) is 0 Å². The number of hydrogen-bond donors (Lipinski definition) is 1. The molecular formula is C15H30N4. The van der Waals surface area contributed by atoms with Gasteiger partial charge < -0.3 is 5.32 Å². The molecule has 0 saturated heterocycles. The molecule has 0 amide bonds. The average Bonchev–Trinajstić information content (AvgIpc) is 2.76. The molecule has 1 heterocycles. The lowest BCUT2D eigenvalue weighted by molar-refractivity contribution is 0.330. The van der Waals surface area contributed by atoms with E-state index in [0.717, 1.165) is 37.5 Å². The molecular weight excluding hydrogens is 236 g/mol. The summed E-state index contributed by atoms with van der Waals surface area (Å²) < 4.78 is 2.15. The van der Waals surface area contributed by atoms with Gasteiger partial charge >= 0.3 is 0 Å². The van der Waals surface area contributed by atoms with Crippen LogP contribution in [0.1, 0.15) is 72.1 Å². The number of aromatic nitrogens is 3. The fraction of sp³-hybridized carbons (Fsp3) is 0.867. The number of aryl methyl sites for hydroxylation is 2.